The Morgan fingerprint density at radius 2 is 1.87 bits per heavy atom. The van der Waals surface area contributed by atoms with Gasteiger partial charge in [0.05, 0.1) is 11.8 Å². The Labute approximate surface area is 89.0 Å². The Bertz CT molecular complexity index is 303. The molecule has 0 spiro atoms. The van der Waals surface area contributed by atoms with E-state index in [-0.39, 0.29) is 17.9 Å². The number of carbonyl (C=O) groups excluding carboxylic acids is 1. The third-order valence-corrected chi connectivity index (χ3v) is 3.39. The lowest BCUT2D eigenvalue weighted by molar-refractivity contribution is -0.140. The Morgan fingerprint density at radius 1 is 1.27 bits per heavy atom. The molecule has 0 heterocycles. The molecule has 0 bridgehead atoms. The molecule has 4 heteroatoms. The lowest BCUT2D eigenvalue weighted by Crippen LogP contribution is -2.48. The zero-order chi connectivity index (χ0) is 11.2. The van der Waals surface area contributed by atoms with Gasteiger partial charge in [0.15, 0.2) is 0 Å². The molecule has 84 valence electrons. The van der Waals surface area contributed by atoms with E-state index in [1.165, 1.54) is 0 Å². The highest BCUT2D eigenvalue weighted by Gasteiger charge is 2.49. The van der Waals surface area contributed by atoms with Gasteiger partial charge in [-0.2, -0.15) is 0 Å². The van der Waals surface area contributed by atoms with Crippen LogP contribution in [0.3, 0.4) is 0 Å². The molecule has 0 aromatic heterocycles. The summed E-state index contributed by atoms with van der Waals surface area (Å²) in [5, 5.41) is 11.6. The topological polar surface area (TPSA) is 66.4 Å². The summed E-state index contributed by atoms with van der Waals surface area (Å²) in [6.07, 6.45) is 2.52. The van der Waals surface area contributed by atoms with Crippen molar-refractivity contribution >= 4 is 11.9 Å². The van der Waals surface area contributed by atoms with E-state index < -0.39 is 11.9 Å². The highest BCUT2D eigenvalue weighted by Crippen LogP contribution is 2.42. The van der Waals surface area contributed by atoms with Crippen molar-refractivity contribution in [3.63, 3.8) is 0 Å². The number of nitrogens with one attached hydrogen (secondary N) is 1. The van der Waals surface area contributed by atoms with Gasteiger partial charge in [-0.3, -0.25) is 9.59 Å². The van der Waals surface area contributed by atoms with Gasteiger partial charge in [0.2, 0.25) is 5.91 Å². The molecule has 0 aromatic rings. The zero-order valence-electron chi connectivity index (χ0n) is 9.12. The van der Waals surface area contributed by atoms with E-state index in [9.17, 15) is 9.59 Å². The lowest BCUT2D eigenvalue weighted by Gasteiger charge is -2.42. The van der Waals surface area contributed by atoms with E-state index in [1.54, 1.807) is 0 Å². The maximum Gasteiger partial charge on any atom is 0.307 e. The van der Waals surface area contributed by atoms with Crippen LogP contribution in [0.25, 0.3) is 0 Å². The zero-order valence-corrected chi connectivity index (χ0v) is 9.12. The van der Waals surface area contributed by atoms with Crippen molar-refractivity contribution in [1.29, 1.82) is 0 Å². The molecule has 0 aromatic carbocycles. The van der Waals surface area contributed by atoms with Gasteiger partial charge < -0.3 is 10.4 Å². The second kappa shape index (κ2) is 3.22. The van der Waals surface area contributed by atoms with Gasteiger partial charge in [-0.1, -0.05) is 13.8 Å². The van der Waals surface area contributed by atoms with Gasteiger partial charge in [-0.15, -0.1) is 0 Å². The van der Waals surface area contributed by atoms with Crippen LogP contribution < -0.4 is 5.32 Å². The van der Waals surface area contributed by atoms with Crippen LogP contribution in [0, 0.1) is 17.3 Å². The van der Waals surface area contributed by atoms with Gasteiger partial charge in [0.1, 0.15) is 0 Å². The molecule has 0 unspecified atom stereocenters. The van der Waals surface area contributed by atoms with Crippen LogP contribution in [0.5, 0.6) is 0 Å². The van der Waals surface area contributed by atoms with Crippen molar-refractivity contribution in [3.05, 3.63) is 0 Å². The van der Waals surface area contributed by atoms with Crippen molar-refractivity contribution in [1.82, 2.24) is 5.32 Å². The van der Waals surface area contributed by atoms with Gasteiger partial charge >= 0.3 is 5.97 Å². The number of carboxylic acid groups (broad SMARTS) is 1. The van der Waals surface area contributed by atoms with Gasteiger partial charge in [0.25, 0.3) is 0 Å². The Hall–Kier alpha value is -1.06. The monoisotopic (exact) mass is 211 g/mol. The van der Waals surface area contributed by atoms with Crippen LogP contribution in [-0.2, 0) is 9.59 Å². The normalized spacial score (nSPS) is 32.9. The van der Waals surface area contributed by atoms with Crippen LogP contribution >= 0.6 is 0 Å². The number of carboxylic acids is 1. The maximum atomic E-state index is 11.6. The molecule has 0 aliphatic heterocycles. The van der Waals surface area contributed by atoms with Crippen LogP contribution in [0.2, 0.25) is 0 Å². The summed E-state index contributed by atoms with van der Waals surface area (Å²) < 4.78 is 0. The highest BCUT2D eigenvalue weighted by molar-refractivity contribution is 5.89. The summed E-state index contributed by atoms with van der Waals surface area (Å²) in [6.45, 7) is 4.35. The molecule has 0 radical (unpaired) electrons. The molecule has 2 aliphatic rings. The number of hydrogen-bond donors (Lipinski definition) is 2. The fourth-order valence-electron chi connectivity index (χ4n) is 2.44. The van der Waals surface area contributed by atoms with Crippen LogP contribution in [-0.4, -0.2) is 23.0 Å². The summed E-state index contributed by atoms with van der Waals surface area (Å²) in [5.74, 6) is -1.61. The predicted molar refractivity (Wildman–Crippen MR) is 54.2 cm³/mol. The standard InChI is InChI=1S/C11H17NO3/c1-11(2)4-6(5-11)12-9(13)7-3-8(7)10(14)15/h6-8H,3-5H2,1-2H3,(H,12,13)(H,14,15)/t7-,8+/m1/s1. The first-order valence-electron chi connectivity index (χ1n) is 5.42. The third kappa shape index (κ3) is 2.13. The predicted octanol–water partition coefficient (Wildman–Crippen LogP) is 1.01. The van der Waals surface area contributed by atoms with Crippen LogP contribution in [0.1, 0.15) is 33.1 Å². The van der Waals surface area contributed by atoms with E-state index in [4.69, 9.17) is 5.11 Å². The summed E-state index contributed by atoms with van der Waals surface area (Å²) in [7, 11) is 0. The molecule has 2 fully saturated rings. The first kappa shape index (κ1) is 10.5. The van der Waals surface area contributed by atoms with Crippen molar-refractivity contribution in [2.75, 3.05) is 0 Å². The first-order valence-corrected chi connectivity index (χ1v) is 5.42. The number of aliphatic carboxylic acids is 1. The third-order valence-electron chi connectivity index (χ3n) is 3.39. The van der Waals surface area contributed by atoms with Gasteiger partial charge in [-0.05, 0) is 24.7 Å². The quantitative estimate of drug-likeness (QED) is 0.732. The number of hydrogen-bond acceptors (Lipinski definition) is 2. The van der Waals surface area contributed by atoms with Gasteiger partial charge in [0, 0.05) is 6.04 Å². The second-order valence-corrected chi connectivity index (χ2v) is 5.56. The number of carbonyl (C=O) groups is 2. The fraction of sp³-hybridized carbons (Fsp3) is 0.818. The van der Waals surface area contributed by atoms with E-state index in [1.807, 2.05) is 0 Å². The average molecular weight is 211 g/mol. The molecule has 2 saturated carbocycles. The molecule has 4 nitrogen and oxygen atoms in total. The largest absolute Gasteiger partial charge is 0.481 e. The average Bonchev–Trinajstić information content (AvgIpc) is 2.78. The van der Waals surface area contributed by atoms with Crippen molar-refractivity contribution in [3.8, 4) is 0 Å². The number of amides is 1. The minimum atomic E-state index is -0.843. The molecule has 2 N–H and O–H groups in total. The van der Waals surface area contributed by atoms with E-state index in [2.05, 4.69) is 19.2 Å². The highest BCUT2D eigenvalue weighted by atomic mass is 16.4. The molecular formula is C11H17NO3. The van der Waals surface area contributed by atoms with Crippen LogP contribution in [0.4, 0.5) is 0 Å². The first-order chi connectivity index (χ1) is 6.89. The Balaban J connectivity index is 1.74. The lowest BCUT2D eigenvalue weighted by atomic mass is 9.68. The molecule has 2 aliphatic carbocycles. The van der Waals surface area contributed by atoms with Gasteiger partial charge in [-0.25, -0.2) is 0 Å². The summed E-state index contributed by atoms with van der Waals surface area (Å²) in [4.78, 5) is 22.1. The molecule has 2 rings (SSSR count). The van der Waals surface area contributed by atoms with E-state index in [0.29, 0.717) is 11.8 Å². The van der Waals surface area contributed by atoms with Crippen LogP contribution in [0.15, 0.2) is 0 Å². The van der Waals surface area contributed by atoms with E-state index >= 15 is 0 Å². The molecule has 2 atom stereocenters. The minimum Gasteiger partial charge on any atom is -0.481 e. The Kier molecular flexibility index (Phi) is 2.24. The van der Waals surface area contributed by atoms with Crippen molar-refractivity contribution in [2.45, 2.75) is 39.2 Å². The minimum absolute atomic E-state index is 0.0668. The van der Waals surface area contributed by atoms with Crippen molar-refractivity contribution < 1.29 is 14.7 Å². The molecule has 0 saturated heterocycles. The van der Waals surface area contributed by atoms with E-state index in [0.717, 1.165) is 12.8 Å². The summed E-state index contributed by atoms with van der Waals surface area (Å²) in [6, 6.07) is 0.266. The van der Waals surface area contributed by atoms with Crippen molar-refractivity contribution in [2.24, 2.45) is 17.3 Å². The molecule has 1 amide bonds. The summed E-state index contributed by atoms with van der Waals surface area (Å²) in [5.41, 5.74) is 0.341. The fourth-order valence-corrected chi connectivity index (χ4v) is 2.44. The molecule has 15 heavy (non-hydrogen) atoms. The summed E-state index contributed by atoms with van der Waals surface area (Å²) >= 11 is 0. The smallest absolute Gasteiger partial charge is 0.307 e. The maximum absolute atomic E-state index is 11.6. The Morgan fingerprint density at radius 3 is 2.27 bits per heavy atom. The molecular weight excluding hydrogens is 194 g/mol. The second-order valence-electron chi connectivity index (χ2n) is 5.56. The number of rotatable bonds is 3. The SMILES string of the molecule is CC1(C)CC(NC(=O)[C@@H]2C[C@@H]2C(=O)O)C1.